The van der Waals surface area contributed by atoms with E-state index in [1.807, 2.05) is 13.8 Å². The predicted molar refractivity (Wildman–Crippen MR) is 115 cm³/mol. The second-order valence-electron chi connectivity index (χ2n) is 9.02. The number of carbonyl (C=O) groups excluding carboxylic acids is 4. The molecule has 0 saturated carbocycles. The summed E-state index contributed by atoms with van der Waals surface area (Å²) in [6, 6.07) is -3.54. The molecule has 2 heterocycles. The van der Waals surface area contributed by atoms with Crippen molar-refractivity contribution in [2.24, 2.45) is 17.4 Å². The van der Waals surface area contributed by atoms with Crippen molar-refractivity contribution in [1.82, 2.24) is 15.1 Å². The molecule has 2 aliphatic heterocycles. The molecule has 2 aliphatic rings. The highest BCUT2D eigenvalue weighted by Crippen LogP contribution is 2.22. The molecule has 0 radical (unpaired) electrons. The minimum atomic E-state index is -1.11. The summed E-state index contributed by atoms with van der Waals surface area (Å²) in [5.74, 6) is -2.89. The molecule has 0 aromatic heterocycles. The number of hydrogen-bond acceptors (Lipinski definition) is 6. The second-order valence-corrected chi connectivity index (χ2v) is 9.02. The lowest BCUT2D eigenvalue weighted by atomic mass is 10.0. The zero-order chi connectivity index (χ0) is 24.0. The summed E-state index contributed by atoms with van der Waals surface area (Å²) in [5.41, 5.74) is 11.2. The minimum absolute atomic E-state index is 0.0454. The van der Waals surface area contributed by atoms with Crippen molar-refractivity contribution in [2.75, 3.05) is 13.1 Å². The first-order chi connectivity index (χ1) is 15.0. The lowest BCUT2D eigenvalue weighted by Gasteiger charge is -2.30. The molecule has 32 heavy (non-hydrogen) atoms. The van der Waals surface area contributed by atoms with Gasteiger partial charge in [0.05, 0.1) is 6.04 Å². The lowest BCUT2D eigenvalue weighted by Crippen LogP contribution is -2.56. The molecule has 11 heteroatoms. The minimum Gasteiger partial charge on any atom is -0.480 e. The first kappa shape index (κ1) is 25.6. The van der Waals surface area contributed by atoms with Crippen molar-refractivity contribution in [3.05, 3.63) is 0 Å². The number of carbonyl (C=O) groups is 5. The Hall–Kier alpha value is -2.69. The third-order valence-corrected chi connectivity index (χ3v) is 6.00. The molecule has 0 spiro atoms. The monoisotopic (exact) mass is 453 g/mol. The Balaban J connectivity index is 2.13. The van der Waals surface area contributed by atoms with Crippen LogP contribution >= 0.6 is 0 Å². The summed E-state index contributed by atoms with van der Waals surface area (Å²) in [7, 11) is 0. The average molecular weight is 454 g/mol. The van der Waals surface area contributed by atoms with Crippen LogP contribution in [0.15, 0.2) is 0 Å². The van der Waals surface area contributed by atoms with E-state index < -0.39 is 47.9 Å². The van der Waals surface area contributed by atoms with Gasteiger partial charge in [0, 0.05) is 19.5 Å². The van der Waals surface area contributed by atoms with E-state index in [4.69, 9.17) is 11.5 Å². The highest BCUT2D eigenvalue weighted by molar-refractivity contribution is 5.94. The Morgan fingerprint density at radius 2 is 1.56 bits per heavy atom. The van der Waals surface area contributed by atoms with E-state index in [-0.39, 0.29) is 31.2 Å². The van der Waals surface area contributed by atoms with E-state index in [1.165, 1.54) is 9.80 Å². The van der Waals surface area contributed by atoms with Gasteiger partial charge in [0.1, 0.15) is 18.1 Å². The van der Waals surface area contributed by atoms with Gasteiger partial charge in [0.25, 0.3) is 0 Å². The summed E-state index contributed by atoms with van der Waals surface area (Å²) in [4.78, 5) is 64.3. The number of nitrogens with two attached hydrogens (primary N) is 2. The molecule has 0 aliphatic carbocycles. The number of aliphatic carboxylic acids is 1. The van der Waals surface area contributed by atoms with Crippen LogP contribution in [0.1, 0.15) is 58.8 Å². The van der Waals surface area contributed by atoms with Crippen LogP contribution in [0.4, 0.5) is 0 Å². The second kappa shape index (κ2) is 11.3. The van der Waals surface area contributed by atoms with Crippen LogP contribution < -0.4 is 16.8 Å². The van der Waals surface area contributed by atoms with Crippen molar-refractivity contribution in [3.8, 4) is 0 Å². The molecule has 0 aromatic carbocycles. The van der Waals surface area contributed by atoms with Crippen LogP contribution in [-0.2, 0) is 24.0 Å². The highest BCUT2D eigenvalue weighted by Gasteiger charge is 2.40. The highest BCUT2D eigenvalue weighted by atomic mass is 16.4. The molecule has 4 unspecified atom stereocenters. The fourth-order valence-electron chi connectivity index (χ4n) is 4.42. The average Bonchev–Trinajstić information content (AvgIpc) is 3.38. The van der Waals surface area contributed by atoms with Gasteiger partial charge in [-0.2, -0.15) is 0 Å². The predicted octanol–water partition coefficient (Wildman–Crippen LogP) is -0.823. The van der Waals surface area contributed by atoms with Crippen LogP contribution in [0.5, 0.6) is 0 Å². The van der Waals surface area contributed by atoms with Crippen LogP contribution in [0.3, 0.4) is 0 Å². The van der Waals surface area contributed by atoms with Crippen LogP contribution in [0, 0.1) is 5.92 Å². The number of hydrogen-bond donors (Lipinski definition) is 4. The molecular weight excluding hydrogens is 418 g/mol. The summed E-state index contributed by atoms with van der Waals surface area (Å²) in [6.07, 6.45) is 2.24. The fourth-order valence-corrected chi connectivity index (χ4v) is 4.42. The topological polar surface area (TPSA) is 176 Å². The third-order valence-electron chi connectivity index (χ3n) is 6.00. The third kappa shape index (κ3) is 6.41. The van der Waals surface area contributed by atoms with Gasteiger partial charge >= 0.3 is 5.97 Å². The first-order valence-electron chi connectivity index (χ1n) is 11.2. The van der Waals surface area contributed by atoms with Crippen LogP contribution in [-0.4, -0.2) is 81.8 Å². The summed E-state index contributed by atoms with van der Waals surface area (Å²) in [5, 5.41) is 12.0. The maximum atomic E-state index is 13.1. The fraction of sp³-hybridized carbons (Fsp3) is 0.762. The van der Waals surface area contributed by atoms with Gasteiger partial charge in [0.15, 0.2) is 0 Å². The largest absolute Gasteiger partial charge is 0.480 e. The summed E-state index contributed by atoms with van der Waals surface area (Å²) < 4.78 is 0. The molecule has 0 bridgehead atoms. The quantitative estimate of drug-likeness (QED) is 0.334. The molecule has 180 valence electrons. The van der Waals surface area contributed by atoms with E-state index in [0.717, 1.165) is 0 Å². The number of primary amides is 1. The Morgan fingerprint density at radius 1 is 1.00 bits per heavy atom. The number of nitrogens with one attached hydrogen (secondary N) is 1. The number of carboxylic acid groups (broad SMARTS) is 1. The van der Waals surface area contributed by atoms with Crippen LogP contribution in [0.2, 0.25) is 0 Å². The van der Waals surface area contributed by atoms with E-state index in [9.17, 15) is 29.1 Å². The van der Waals surface area contributed by atoms with Crippen molar-refractivity contribution in [3.63, 3.8) is 0 Å². The van der Waals surface area contributed by atoms with Gasteiger partial charge in [-0.25, -0.2) is 4.79 Å². The van der Waals surface area contributed by atoms with E-state index in [2.05, 4.69) is 5.32 Å². The Morgan fingerprint density at radius 3 is 2.09 bits per heavy atom. The number of carboxylic acids is 1. The lowest BCUT2D eigenvalue weighted by molar-refractivity contribution is -0.150. The number of amides is 4. The van der Waals surface area contributed by atoms with E-state index in [1.54, 1.807) is 0 Å². The van der Waals surface area contributed by atoms with Gasteiger partial charge in [-0.3, -0.25) is 19.2 Å². The van der Waals surface area contributed by atoms with Gasteiger partial charge in [-0.15, -0.1) is 0 Å². The van der Waals surface area contributed by atoms with E-state index >= 15 is 0 Å². The molecular formula is C21H35N5O6. The molecule has 4 atom stereocenters. The molecule has 0 aromatic rings. The first-order valence-corrected chi connectivity index (χ1v) is 11.2. The standard InChI is InChI=1S/C21H35N5O6/c1-12(2)11-13(22)19(29)25-9-3-5-15(25)18(28)24-14(7-8-17(23)27)20(30)26-10-4-6-16(26)21(31)32/h12-16H,3-11,22H2,1-2H3,(H2,23,27)(H,24,28)(H,31,32). The van der Waals surface area contributed by atoms with Crippen molar-refractivity contribution in [1.29, 1.82) is 0 Å². The maximum Gasteiger partial charge on any atom is 0.326 e. The number of nitrogens with zero attached hydrogens (tertiary/aromatic N) is 2. The van der Waals surface area contributed by atoms with Crippen molar-refractivity contribution < 1.29 is 29.1 Å². The zero-order valence-corrected chi connectivity index (χ0v) is 18.8. The van der Waals surface area contributed by atoms with Gasteiger partial charge in [-0.05, 0) is 44.4 Å². The SMILES string of the molecule is CC(C)CC(N)C(=O)N1CCCC1C(=O)NC(CCC(N)=O)C(=O)N1CCCC1C(=O)O. The molecule has 2 rings (SSSR count). The molecule has 2 fully saturated rings. The Labute approximate surface area is 187 Å². The van der Waals surface area contributed by atoms with Gasteiger partial charge in [-0.1, -0.05) is 13.8 Å². The summed E-state index contributed by atoms with van der Waals surface area (Å²) in [6.45, 7) is 4.57. The van der Waals surface area contributed by atoms with Crippen molar-refractivity contribution in [2.45, 2.75) is 83.0 Å². The van der Waals surface area contributed by atoms with E-state index in [0.29, 0.717) is 38.6 Å². The number of rotatable bonds is 10. The summed E-state index contributed by atoms with van der Waals surface area (Å²) >= 11 is 0. The molecule has 11 nitrogen and oxygen atoms in total. The van der Waals surface area contributed by atoms with Gasteiger partial charge in [0.2, 0.25) is 23.6 Å². The smallest absolute Gasteiger partial charge is 0.326 e. The van der Waals surface area contributed by atoms with Crippen molar-refractivity contribution >= 4 is 29.6 Å². The zero-order valence-electron chi connectivity index (χ0n) is 18.8. The molecule has 6 N–H and O–H groups in total. The molecule has 2 saturated heterocycles. The normalized spacial score (nSPS) is 22.6. The van der Waals surface area contributed by atoms with Gasteiger partial charge < -0.3 is 31.7 Å². The van der Waals surface area contributed by atoms with Crippen LogP contribution in [0.25, 0.3) is 0 Å². The Bertz CT molecular complexity index is 742. The maximum absolute atomic E-state index is 13.1. The molecule has 4 amide bonds. The number of likely N-dealkylation sites (tertiary alicyclic amines) is 2. The Kier molecular flexibility index (Phi) is 8.99.